The fourth-order valence-electron chi connectivity index (χ4n) is 1.69. The molecule has 1 aliphatic rings. The van der Waals surface area contributed by atoms with E-state index in [0.29, 0.717) is 6.42 Å². The van der Waals surface area contributed by atoms with E-state index in [-0.39, 0.29) is 0 Å². The maximum absolute atomic E-state index is 11.4. The maximum atomic E-state index is 11.4. The van der Waals surface area contributed by atoms with Gasteiger partial charge in [0.25, 0.3) is 0 Å². The van der Waals surface area contributed by atoms with Gasteiger partial charge in [-0.3, -0.25) is 0 Å². The highest BCUT2D eigenvalue weighted by atomic mass is 16.6. The van der Waals surface area contributed by atoms with Crippen molar-refractivity contribution in [1.29, 1.82) is 0 Å². The average molecular weight is 228 g/mol. The van der Waals surface area contributed by atoms with Crippen molar-refractivity contribution in [3.05, 3.63) is 0 Å². The Labute approximate surface area is 96.3 Å². The van der Waals surface area contributed by atoms with Crippen molar-refractivity contribution in [2.24, 2.45) is 0 Å². The Morgan fingerprint density at radius 2 is 1.69 bits per heavy atom. The fourth-order valence-corrected chi connectivity index (χ4v) is 1.69. The summed E-state index contributed by atoms with van der Waals surface area (Å²) in [5, 5.41) is 0. The lowest BCUT2D eigenvalue weighted by atomic mass is 10.1. The molecule has 0 N–H and O–H groups in total. The summed E-state index contributed by atoms with van der Waals surface area (Å²) in [5.74, 6) is -0.833. The molecule has 0 saturated carbocycles. The van der Waals surface area contributed by atoms with Crippen LogP contribution >= 0.6 is 0 Å². The zero-order valence-electron chi connectivity index (χ0n) is 10.0. The van der Waals surface area contributed by atoms with Crippen molar-refractivity contribution in [1.82, 2.24) is 0 Å². The monoisotopic (exact) mass is 228 g/mol. The van der Waals surface area contributed by atoms with Crippen molar-refractivity contribution in [3.63, 3.8) is 0 Å². The minimum Gasteiger partial charge on any atom is -0.448 e. The summed E-state index contributed by atoms with van der Waals surface area (Å²) in [6.07, 6.45) is 4.72. The molecule has 1 aliphatic heterocycles. The van der Waals surface area contributed by atoms with Crippen LogP contribution < -0.4 is 0 Å². The van der Waals surface area contributed by atoms with E-state index in [1.54, 1.807) is 0 Å². The molecule has 1 heterocycles. The number of esters is 2. The zero-order chi connectivity index (χ0) is 12.0. The van der Waals surface area contributed by atoms with E-state index in [0.717, 1.165) is 12.8 Å². The number of unbranched alkanes of at least 4 members (excludes halogenated alkanes) is 4. The van der Waals surface area contributed by atoms with Gasteiger partial charge in [0.1, 0.15) is 0 Å². The van der Waals surface area contributed by atoms with E-state index >= 15 is 0 Å². The molecule has 0 aliphatic carbocycles. The predicted octanol–water partition coefficient (Wildman–Crippen LogP) is 2.20. The summed E-state index contributed by atoms with van der Waals surface area (Å²) in [7, 11) is 0. The van der Waals surface area contributed by atoms with Crippen LogP contribution in [0.1, 0.15) is 52.4 Å². The lowest BCUT2D eigenvalue weighted by molar-refractivity contribution is -0.193. The molecule has 92 valence electrons. The first kappa shape index (κ1) is 13.0. The Hall–Kier alpha value is -1.06. The van der Waals surface area contributed by atoms with Crippen molar-refractivity contribution in [2.75, 3.05) is 0 Å². The van der Waals surface area contributed by atoms with Gasteiger partial charge in [0.2, 0.25) is 0 Å². The molecule has 1 fully saturated rings. The third-order valence-corrected chi connectivity index (χ3v) is 2.72. The summed E-state index contributed by atoms with van der Waals surface area (Å²) in [6.45, 7) is 3.68. The molecule has 0 spiro atoms. The summed E-state index contributed by atoms with van der Waals surface area (Å²) < 4.78 is 9.88. The van der Waals surface area contributed by atoms with Crippen molar-refractivity contribution < 1.29 is 19.1 Å². The second kappa shape index (κ2) is 6.51. The minimum atomic E-state index is -0.746. The van der Waals surface area contributed by atoms with Gasteiger partial charge < -0.3 is 9.47 Å². The van der Waals surface area contributed by atoms with Gasteiger partial charge in [-0.1, -0.05) is 32.6 Å². The lowest BCUT2D eigenvalue weighted by Crippen LogP contribution is -2.42. The van der Waals surface area contributed by atoms with Crippen LogP contribution in [0.5, 0.6) is 0 Å². The van der Waals surface area contributed by atoms with Crippen molar-refractivity contribution in [2.45, 2.75) is 64.6 Å². The number of carbonyl (C=O) groups excluding carboxylic acids is 2. The third-order valence-electron chi connectivity index (χ3n) is 2.72. The molecule has 16 heavy (non-hydrogen) atoms. The van der Waals surface area contributed by atoms with Crippen LogP contribution in [0.15, 0.2) is 0 Å². The van der Waals surface area contributed by atoms with Crippen LogP contribution in [0.3, 0.4) is 0 Å². The molecule has 0 radical (unpaired) electrons. The predicted molar refractivity (Wildman–Crippen MR) is 58.8 cm³/mol. The van der Waals surface area contributed by atoms with Crippen LogP contribution in [0.2, 0.25) is 0 Å². The highest BCUT2D eigenvalue weighted by molar-refractivity contribution is 5.87. The molecule has 0 amide bonds. The van der Waals surface area contributed by atoms with Crippen LogP contribution in [0, 0.1) is 0 Å². The van der Waals surface area contributed by atoms with E-state index in [9.17, 15) is 9.59 Å². The summed E-state index contributed by atoms with van der Waals surface area (Å²) in [6, 6.07) is 0. The largest absolute Gasteiger partial charge is 0.448 e. The molecular weight excluding hydrogens is 208 g/mol. The smallest absolute Gasteiger partial charge is 0.348 e. The first-order valence-electron chi connectivity index (χ1n) is 6.06. The highest BCUT2D eigenvalue weighted by Crippen LogP contribution is 2.16. The first-order chi connectivity index (χ1) is 7.65. The summed E-state index contributed by atoms with van der Waals surface area (Å²) in [4.78, 5) is 22.6. The molecule has 0 aromatic carbocycles. The number of hydrogen-bond acceptors (Lipinski definition) is 4. The minimum absolute atomic E-state index is 0.400. The van der Waals surface area contributed by atoms with Crippen LogP contribution in [0.4, 0.5) is 0 Å². The van der Waals surface area contributed by atoms with E-state index in [2.05, 4.69) is 6.92 Å². The van der Waals surface area contributed by atoms with E-state index in [1.807, 2.05) is 0 Å². The quantitative estimate of drug-likeness (QED) is 0.516. The second-order valence-corrected chi connectivity index (χ2v) is 4.21. The molecule has 0 aromatic rings. The van der Waals surface area contributed by atoms with Gasteiger partial charge in [0, 0.05) is 0 Å². The first-order valence-corrected chi connectivity index (χ1v) is 6.06. The van der Waals surface area contributed by atoms with Gasteiger partial charge in [-0.2, -0.15) is 0 Å². The van der Waals surface area contributed by atoms with Crippen molar-refractivity contribution >= 4 is 11.9 Å². The van der Waals surface area contributed by atoms with Crippen molar-refractivity contribution in [3.8, 4) is 0 Å². The van der Waals surface area contributed by atoms with Gasteiger partial charge in [-0.15, -0.1) is 0 Å². The fraction of sp³-hybridized carbons (Fsp3) is 0.833. The SMILES string of the molecule is CCCCCCCC1OC(=O)C(C)OC1=O. The zero-order valence-corrected chi connectivity index (χ0v) is 10.0. The molecule has 1 rings (SSSR count). The maximum Gasteiger partial charge on any atom is 0.348 e. The van der Waals surface area contributed by atoms with Gasteiger partial charge in [0.15, 0.2) is 12.2 Å². The topological polar surface area (TPSA) is 52.6 Å². The molecule has 0 bridgehead atoms. The molecular formula is C12H20O4. The highest BCUT2D eigenvalue weighted by Gasteiger charge is 2.34. The summed E-state index contributed by atoms with van der Waals surface area (Å²) in [5.41, 5.74) is 0. The molecule has 2 unspecified atom stereocenters. The van der Waals surface area contributed by atoms with Gasteiger partial charge in [-0.05, 0) is 19.8 Å². The Kier molecular flexibility index (Phi) is 5.29. The Morgan fingerprint density at radius 1 is 1.00 bits per heavy atom. The molecule has 4 nitrogen and oxygen atoms in total. The average Bonchev–Trinajstić information content (AvgIpc) is 2.25. The van der Waals surface area contributed by atoms with Crippen LogP contribution in [-0.4, -0.2) is 24.1 Å². The van der Waals surface area contributed by atoms with Crippen LogP contribution in [0.25, 0.3) is 0 Å². The molecule has 4 heteroatoms. The Bertz CT molecular complexity index is 249. The Morgan fingerprint density at radius 3 is 2.38 bits per heavy atom. The van der Waals surface area contributed by atoms with Gasteiger partial charge >= 0.3 is 11.9 Å². The number of cyclic esters (lactones) is 2. The van der Waals surface area contributed by atoms with E-state index in [4.69, 9.17) is 9.47 Å². The number of carbonyl (C=O) groups is 2. The molecule has 2 atom stereocenters. The van der Waals surface area contributed by atoms with Crippen LogP contribution in [-0.2, 0) is 19.1 Å². The van der Waals surface area contributed by atoms with Gasteiger partial charge in [0.05, 0.1) is 0 Å². The summed E-state index contributed by atoms with van der Waals surface area (Å²) >= 11 is 0. The normalized spacial score (nSPS) is 25.1. The third kappa shape index (κ3) is 3.83. The van der Waals surface area contributed by atoms with E-state index in [1.165, 1.54) is 26.2 Å². The molecule has 1 saturated heterocycles. The van der Waals surface area contributed by atoms with E-state index < -0.39 is 24.1 Å². The molecule has 0 aromatic heterocycles. The number of ether oxygens (including phenoxy) is 2. The standard InChI is InChI=1S/C12H20O4/c1-3-4-5-6-7-8-10-12(14)15-9(2)11(13)16-10/h9-10H,3-8H2,1-2H3. The van der Waals surface area contributed by atoms with Gasteiger partial charge in [-0.25, -0.2) is 9.59 Å². The lowest BCUT2D eigenvalue weighted by Gasteiger charge is -2.25. The number of hydrogen-bond donors (Lipinski definition) is 0. The second-order valence-electron chi connectivity index (χ2n) is 4.21. The Balaban J connectivity index is 2.21. The number of rotatable bonds is 6.